The van der Waals surface area contributed by atoms with E-state index in [1.54, 1.807) is 6.07 Å². The third kappa shape index (κ3) is 3.78. The third-order valence-electron chi connectivity index (χ3n) is 5.51. The number of aromatic nitrogens is 3. The van der Waals surface area contributed by atoms with Crippen molar-refractivity contribution in [3.63, 3.8) is 0 Å². The van der Waals surface area contributed by atoms with Gasteiger partial charge < -0.3 is 10.4 Å². The van der Waals surface area contributed by atoms with Crippen LogP contribution in [0.25, 0.3) is 11.8 Å². The highest BCUT2D eigenvalue weighted by Crippen LogP contribution is 2.26. The van der Waals surface area contributed by atoms with E-state index in [2.05, 4.69) is 15.5 Å². The molecule has 6 nitrogen and oxygen atoms in total. The second kappa shape index (κ2) is 8.15. The number of carbonyl (C=O) groups is 1. The number of ketones is 1. The van der Waals surface area contributed by atoms with Crippen molar-refractivity contribution in [2.24, 2.45) is 0 Å². The van der Waals surface area contributed by atoms with E-state index in [0.29, 0.717) is 23.2 Å². The molecule has 5 rings (SSSR count). The number of nitrogens with one attached hydrogen (secondary N) is 1. The number of aromatic hydroxyl groups is 1. The highest BCUT2D eigenvalue weighted by molar-refractivity contribution is 6.12. The Bertz CT molecular complexity index is 1320. The van der Waals surface area contributed by atoms with Crippen molar-refractivity contribution < 1.29 is 9.90 Å². The van der Waals surface area contributed by atoms with Gasteiger partial charge in [0, 0.05) is 23.2 Å². The predicted molar refractivity (Wildman–Crippen MR) is 124 cm³/mol. The summed E-state index contributed by atoms with van der Waals surface area (Å²) in [4.78, 5) is 14.5. The summed E-state index contributed by atoms with van der Waals surface area (Å²) in [7, 11) is 0. The van der Waals surface area contributed by atoms with E-state index in [1.807, 2.05) is 85.8 Å². The Kier molecular flexibility index (Phi) is 5.03. The fourth-order valence-corrected chi connectivity index (χ4v) is 3.86. The minimum absolute atomic E-state index is 0.0185. The van der Waals surface area contributed by atoms with Crippen molar-refractivity contribution in [2.45, 2.75) is 19.4 Å². The van der Waals surface area contributed by atoms with Gasteiger partial charge in [-0.3, -0.25) is 4.79 Å². The summed E-state index contributed by atoms with van der Waals surface area (Å²) in [5.74, 6) is 0.116. The van der Waals surface area contributed by atoms with E-state index in [0.717, 1.165) is 22.6 Å². The van der Waals surface area contributed by atoms with Crippen LogP contribution in [0, 0.1) is 6.92 Å². The van der Waals surface area contributed by atoms with E-state index < -0.39 is 0 Å². The largest absolute Gasteiger partial charge is 0.506 e. The monoisotopic (exact) mass is 422 g/mol. The summed E-state index contributed by atoms with van der Waals surface area (Å²) in [6.45, 7) is 1.96. The van der Waals surface area contributed by atoms with Crippen LogP contribution in [0.2, 0.25) is 0 Å². The summed E-state index contributed by atoms with van der Waals surface area (Å²) in [5.41, 5.74) is 5.24. The molecule has 1 atom stereocenters. The summed E-state index contributed by atoms with van der Waals surface area (Å²) in [6.07, 6.45) is 4.57. The lowest BCUT2D eigenvalue weighted by Gasteiger charge is -2.20. The molecule has 0 fully saturated rings. The van der Waals surface area contributed by atoms with Crippen LogP contribution in [0.1, 0.15) is 32.9 Å². The van der Waals surface area contributed by atoms with Crippen LogP contribution in [0.5, 0.6) is 5.75 Å². The molecule has 4 aromatic rings. The van der Waals surface area contributed by atoms with Gasteiger partial charge in [-0.05, 0) is 42.8 Å². The highest BCUT2D eigenvalue weighted by atomic mass is 16.3. The van der Waals surface area contributed by atoms with Gasteiger partial charge in [-0.25, -0.2) is 0 Å². The standard InChI is InChI=1S/C26H22N4O2/c1-17-11-14-25(31)24(15-17)30-28-22-13-12-19(16-23(22)29-30)27-21-10-6-5-9-20(21)26(32)18-7-3-2-4-8-18/h2-15,19,27,31H,16H2,1H3. The highest BCUT2D eigenvalue weighted by Gasteiger charge is 2.22. The molecule has 0 saturated carbocycles. The number of nitrogens with zero attached hydrogens (tertiary/aromatic N) is 3. The van der Waals surface area contributed by atoms with Gasteiger partial charge in [0.2, 0.25) is 0 Å². The molecule has 1 aromatic heterocycles. The van der Waals surface area contributed by atoms with Crippen molar-refractivity contribution in [3.8, 4) is 11.4 Å². The smallest absolute Gasteiger partial charge is 0.195 e. The Morgan fingerprint density at radius 3 is 2.66 bits per heavy atom. The van der Waals surface area contributed by atoms with Gasteiger partial charge in [0.1, 0.15) is 17.1 Å². The zero-order chi connectivity index (χ0) is 22.1. The van der Waals surface area contributed by atoms with Crippen LogP contribution in [0.4, 0.5) is 5.69 Å². The Morgan fingerprint density at radius 2 is 1.81 bits per heavy atom. The van der Waals surface area contributed by atoms with Crippen LogP contribution in [0.15, 0.2) is 78.9 Å². The molecule has 32 heavy (non-hydrogen) atoms. The predicted octanol–water partition coefficient (Wildman–Crippen LogP) is 4.56. The van der Waals surface area contributed by atoms with Crippen molar-refractivity contribution >= 4 is 17.5 Å². The quantitative estimate of drug-likeness (QED) is 0.461. The van der Waals surface area contributed by atoms with Crippen molar-refractivity contribution in [2.75, 3.05) is 5.32 Å². The van der Waals surface area contributed by atoms with Crippen LogP contribution < -0.4 is 5.32 Å². The van der Waals surface area contributed by atoms with Gasteiger partial charge in [0.15, 0.2) is 5.78 Å². The SMILES string of the molecule is Cc1ccc(O)c(-n2nc3c(n2)CC(Nc2ccccc2C(=O)c2ccccc2)C=C3)c1. The molecule has 0 bridgehead atoms. The molecule has 2 N–H and O–H groups in total. The average Bonchev–Trinajstić information content (AvgIpc) is 3.24. The molecule has 1 unspecified atom stereocenters. The number of phenols is 1. The molecule has 0 aliphatic heterocycles. The number of phenolic OH excluding ortho intramolecular Hbond substituents is 1. The minimum Gasteiger partial charge on any atom is -0.506 e. The van der Waals surface area contributed by atoms with Gasteiger partial charge in [-0.1, -0.05) is 54.6 Å². The number of benzene rings is 3. The van der Waals surface area contributed by atoms with Gasteiger partial charge >= 0.3 is 0 Å². The summed E-state index contributed by atoms with van der Waals surface area (Å²) in [5, 5.41) is 22.8. The Morgan fingerprint density at radius 1 is 1.03 bits per heavy atom. The fraction of sp³-hybridized carbons (Fsp3) is 0.115. The first kappa shape index (κ1) is 19.8. The van der Waals surface area contributed by atoms with E-state index >= 15 is 0 Å². The third-order valence-corrected chi connectivity index (χ3v) is 5.51. The molecule has 0 radical (unpaired) electrons. The fourth-order valence-electron chi connectivity index (χ4n) is 3.86. The average molecular weight is 422 g/mol. The van der Waals surface area contributed by atoms with Gasteiger partial charge in [0.25, 0.3) is 0 Å². The minimum atomic E-state index is -0.0384. The molecule has 1 aliphatic rings. The molecule has 3 aromatic carbocycles. The zero-order valence-electron chi connectivity index (χ0n) is 17.6. The second-order valence-electron chi connectivity index (χ2n) is 7.87. The lowest BCUT2D eigenvalue weighted by Crippen LogP contribution is -2.23. The van der Waals surface area contributed by atoms with Crippen molar-refractivity contribution in [3.05, 3.63) is 107 Å². The lowest BCUT2D eigenvalue weighted by atomic mass is 9.99. The number of hydrogen-bond donors (Lipinski definition) is 2. The number of carbonyl (C=O) groups excluding carboxylic acids is 1. The van der Waals surface area contributed by atoms with Gasteiger partial charge in [-0.2, -0.15) is 5.10 Å². The molecular weight excluding hydrogens is 400 g/mol. The first-order valence-corrected chi connectivity index (χ1v) is 10.5. The van der Waals surface area contributed by atoms with E-state index in [1.165, 1.54) is 4.80 Å². The number of anilines is 1. The summed E-state index contributed by atoms with van der Waals surface area (Å²) < 4.78 is 0. The van der Waals surface area contributed by atoms with Crippen molar-refractivity contribution in [1.82, 2.24) is 15.0 Å². The van der Waals surface area contributed by atoms with Crippen molar-refractivity contribution in [1.29, 1.82) is 0 Å². The molecule has 1 heterocycles. The van der Waals surface area contributed by atoms with Gasteiger partial charge in [-0.15, -0.1) is 9.90 Å². The van der Waals surface area contributed by atoms with Crippen LogP contribution in [-0.4, -0.2) is 31.9 Å². The maximum Gasteiger partial charge on any atom is 0.195 e. The van der Waals surface area contributed by atoms with E-state index in [9.17, 15) is 9.90 Å². The zero-order valence-corrected chi connectivity index (χ0v) is 17.6. The topological polar surface area (TPSA) is 80.0 Å². The molecule has 0 amide bonds. The van der Waals surface area contributed by atoms with Crippen LogP contribution >= 0.6 is 0 Å². The molecule has 6 heteroatoms. The molecular formula is C26H22N4O2. The normalized spacial score (nSPS) is 14.7. The number of hydrogen-bond acceptors (Lipinski definition) is 5. The number of para-hydroxylation sites is 1. The first-order chi connectivity index (χ1) is 15.6. The summed E-state index contributed by atoms with van der Waals surface area (Å²) >= 11 is 0. The first-order valence-electron chi connectivity index (χ1n) is 10.5. The Labute approximate surface area is 185 Å². The second-order valence-corrected chi connectivity index (χ2v) is 7.87. The van der Waals surface area contributed by atoms with Crippen LogP contribution in [0.3, 0.4) is 0 Å². The molecule has 0 saturated heterocycles. The Hall–Kier alpha value is -4.19. The molecule has 158 valence electrons. The lowest BCUT2D eigenvalue weighted by molar-refractivity contribution is 0.103. The maximum atomic E-state index is 13.0. The number of rotatable bonds is 5. The number of aryl methyl sites for hydroxylation is 1. The summed E-state index contributed by atoms with van der Waals surface area (Å²) in [6, 6.07) is 22.1. The van der Waals surface area contributed by atoms with Gasteiger partial charge in [0.05, 0.1) is 11.7 Å². The van der Waals surface area contributed by atoms with E-state index in [4.69, 9.17) is 0 Å². The molecule has 1 aliphatic carbocycles. The van der Waals surface area contributed by atoms with Crippen LogP contribution in [-0.2, 0) is 6.42 Å². The Balaban J connectivity index is 1.38. The maximum absolute atomic E-state index is 13.0. The number of fused-ring (bicyclic) bond motifs is 1. The van der Waals surface area contributed by atoms with E-state index in [-0.39, 0.29) is 17.6 Å². The molecule has 0 spiro atoms.